The summed E-state index contributed by atoms with van der Waals surface area (Å²) in [7, 11) is 0. The molecule has 1 rings (SSSR count). The minimum atomic E-state index is -1.07. The van der Waals surface area contributed by atoms with E-state index < -0.39 is 18.0 Å². The lowest BCUT2D eigenvalue weighted by molar-refractivity contribution is -0.119. The summed E-state index contributed by atoms with van der Waals surface area (Å²) in [5.41, 5.74) is 7.71. The van der Waals surface area contributed by atoms with E-state index in [1.54, 1.807) is 0 Å². The van der Waals surface area contributed by atoms with Crippen molar-refractivity contribution in [2.45, 2.75) is 12.6 Å². The number of azide groups is 1. The first-order valence-corrected chi connectivity index (χ1v) is 2.48. The molecule has 1 amide bonds. The predicted molar refractivity (Wildman–Crippen MR) is 27.2 cm³/mol. The minimum Gasteiger partial charge on any atom is -0.292 e. The van der Waals surface area contributed by atoms with Crippen LogP contribution in [0.5, 0.6) is 0 Å². The van der Waals surface area contributed by atoms with Crippen molar-refractivity contribution in [2.75, 3.05) is 0 Å². The van der Waals surface area contributed by atoms with Crippen LogP contribution in [-0.4, -0.2) is 12.1 Å². The van der Waals surface area contributed by atoms with Crippen molar-refractivity contribution in [3.8, 4) is 0 Å². The lowest BCUT2D eigenvalue weighted by atomic mass is 10.4. The van der Waals surface area contributed by atoms with Gasteiger partial charge in [-0.25, -0.2) is 4.39 Å². The highest BCUT2D eigenvalue weighted by molar-refractivity contribution is 5.82. The van der Waals surface area contributed by atoms with Crippen molar-refractivity contribution < 1.29 is 9.18 Å². The average molecular weight is 129 g/mol. The summed E-state index contributed by atoms with van der Waals surface area (Å²) in [6, 6.07) is 0. The highest BCUT2D eigenvalue weighted by Gasteiger charge is 2.42. The quantitative estimate of drug-likeness (QED) is 0.298. The molecule has 0 aliphatic heterocycles. The van der Waals surface area contributed by atoms with E-state index in [1.165, 1.54) is 0 Å². The molecule has 0 N–H and O–H groups in total. The third-order valence-corrected chi connectivity index (χ3v) is 1.17. The SMILES string of the molecule is [N-]=[N+]=NC(=O)[C@@H]1C[C@@H]1F. The lowest BCUT2D eigenvalue weighted by Gasteiger charge is -1.79. The van der Waals surface area contributed by atoms with Gasteiger partial charge in [0.1, 0.15) is 6.17 Å². The average Bonchev–Trinajstić information content (AvgIpc) is 2.47. The lowest BCUT2D eigenvalue weighted by Crippen LogP contribution is -1.95. The number of alkyl halides is 1. The van der Waals surface area contributed by atoms with Crippen molar-refractivity contribution in [3.63, 3.8) is 0 Å². The van der Waals surface area contributed by atoms with E-state index in [9.17, 15) is 9.18 Å². The number of carbonyl (C=O) groups excluding carboxylic acids is 1. The molecule has 1 aliphatic rings. The standard InChI is InChI=1S/C4H4FN3O/c5-3-1-2(3)4(9)7-8-6/h2-3H,1H2/t2-,3+/m1/s1. The normalized spacial score (nSPS) is 30.8. The van der Waals surface area contributed by atoms with E-state index in [0.29, 0.717) is 0 Å². The van der Waals surface area contributed by atoms with Gasteiger partial charge in [-0.1, -0.05) is 0 Å². The molecule has 9 heavy (non-hydrogen) atoms. The molecule has 0 heterocycles. The molecule has 0 unspecified atom stereocenters. The van der Waals surface area contributed by atoms with Crippen LogP contribution >= 0.6 is 0 Å². The monoisotopic (exact) mass is 129 g/mol. The minimum absolute atomic E-state index is 0.220. The molecule has 0 aromatic carbocycles. The molecular weight excluding hydrogens is 125 g/mol. The Morgan fingerprint density at radius 2 is 2.44 bits per heavy atom. The molecule has 0 spiro atoms. The zero-order chi connectivity index (χ0) is 6.85. The number of halogens is 1. The Hall–Kier alpha value is -1.09. The highest BCUT2D eigenvalue weighted by atomic mass is 19.1. The van der Waals surface area contributed by atoms with Gasteiger partial charge in [-0.2, -0.15) is 0 Å². The summed E-state index contributed by atoms with van der Waals surface area (Å²) in [5, 5.41) is 2.74. The number of hydrogen-bond acceptors (Lipinski definition) is 1. The largest absolute Gasteiger partial charge is 0.292 e. The second kappa shape index (κ2) is 2.03. The Labute approximate surface area is 50.3 Å². The first-order chi connectivity index (χ1) is 4.25. The van der Waals surface area contributed by atoms with Gasteiger partial charge in [-0.15, -0.1) is 0 Å². The van der Waals surface area contributed by atoms with Gasteiger partial charge in [0.2, 0.25) is 5.91 Å². The molecule has 0 aromatic heterocycles. The smallest absolute Gasteiger partial charge is 0.225 e. The number of nitrogens with zero attached hydrogens (tertiary/aromatic N) is 3. The maximum absolute atomic E-state index is 11.9. The van der Waals surface area contributed by atoms with Crippen LogP contribution < -0.4 is 0 Å². The van der Waals surface area contributed by atoms with Crippen LogP contribution in [-0.2, 0) is 4.79 Å². The van der Waals surface area contributed by atoms with Gasteiger partial charge in [0.15, 0.2) is 0 Å². The van der Waals surface area contributed by atoms with Crippen LogP contribution in [0, 0.1) is 5.92 Å². The van der Waals surface area contributed by atoms with Gasteiger partial charge in [-0.3, -0.25) is 4.79 Å². The van der Waals surface area contributed by atoms with Crippen LogP contribution in [0.25, 0.3) is 10.4 Å². The molecule has 5 heteroatoms. The van der Waals surface area contributed by atoms with E-state index in [1.807, 2.05) is 0 Å². The van der Waals surface area contributed by atoms with Crippen molar-refractivity contribution in [1.82, 2.24) is 0 Å². The molecule has 0 saturated heterocycles. The maximum atomic E-state index is 11.9. The fraction of sp³-hybridized carbons (Fsp3) is 0.750. The van der Waals surface area contributed by atoms with Crippen molar-refractivity contribution in [2.24, 2.45) is 11.0 Å². The topological polar surface area (TPSA) is 65.8 Å². The van der Waals surface area contributed by atoms with E-state index in [0.717, 1.165) is 0 Å². The van der Waals surface area contributed by atoms with Gasteiger partial charge in [0.25, 0.3) is 0 Å². The van der Waals surface area contributed by atoms with Crippen LogP contribution in [0.1, 0.15) is 6.42 Å². The molecule has 1 fully saturated rings. The van der Waals surface area contributed by atoms with Crippen molar-refractivity contribution >= 4 is 5.91 Å². The molecule has 2 atom stereocenters. The number of hydrogen-bond donors (Lipinski definition) is 0. The van der Waals surface area contributed by atoms with Gasteiger partial charge in [0, 0.05) is 4.91 Å². The zero-order valence-electron chi connectivity index (χ0n) is 4.49. The zero-order valence-corrected chi connectivity index (χ0v) is 4.49. The van der Waals surface area contributed by atoms with E-state index >= 15 is 0 Å². The van der Waals surface area contributed by atoms with Crippen LogP contribution in [0.3, 0.4) is 0 Å². The predicted octanol–water partition coefficient (Wildman–Crippen LogP) is 1.18. The first-order valence-electron chi connectivity index (χ1n) is 2.48. The fourth-order valence-electron chi connectivity index (χ4n) is 0.538. The fourth-order valence-corrected chi connectivity index (χ4v) is 0.538. The second-order valence-electron chi connectivity index (χ2n) is 1.89. The van der Waals surface area contributed by atoms with E-state index in [-0.39, 0.29) is 6.42 Å². The summed E-state index contributed by atoms with van der Waals surface area (Å²) < 4.78 is 11.9. The van der Waals surface area contributed by atoms with Gasteiger partial charge in [-0.05, 0) is 17.1 Å². The second-order valence-corrected chi connectivity index (χ2v) is 1.89. The molecule has 0 bridgehead atoms. The Morgan fingerprint density at radius 1 is 1.89 bits per heavy atom. The van der Waals surface area contributed by atoms with Crippen LogP contribution in [0.15, 0.2) is 5.11 Å². The first kappa shape index (κ1) is 6.04. The van der Waals surface area contributed by atoms with E-state index in [2.05, 4.69) is 10.0 Å². The van der Waals surface area contributed by atoms with Gasteiger partial charge < -0.3 is 0 Å². The van der Waals surface area contributed by atoms with Crippen LogP contribution in [0.4, 0.5) is 4.39 Å². The van der Waals surface area contributed by atoms with E-state index in [4.69, 9.17) is 5.53 Å². The van der Waals surface area contributed by atoms with Gasteiger partial charge in [0.05, 0.1) is 5.92 Å². The molecule has 48 valence electrons. The van der Waals surface area contributed by atoms with Gasteiger partial charge >= 0.3 is 0 Å². The molecule has 0 aromatic rings. The Morgan fingerprint density at radius 3 is 2.78 bits per heavy atom. The Kier molecular flexibility index (Phi) is 1.36. The number of rotatable bonds is 1. The highest BCUT2D eigenvalue weighted by Crippen LogP contribution is 2.34. The summed E-state index contributed by atoms with van der Waals surface area (Å²) in [6.45, 7) is 0. The van der Waals surface area contributed by atoms with Crippen molar-refractivity contribution in [3.05, 3.63) is 10.4 Å². The van der Waals surface area contributed by atoms with Crippen molar-refractivity contribution in [1.29, 1.82) is 0 Å². The third kappa shape index (κ3) is 1.17. The number of amides is 1. The molecular formula is C4H4FN3O. The summed E-state index contributed by atoms with van der Waals surface area (Å²) in [5.74, 6) is -1.31. The Bertz CT molecular complexity index is 186. The third-order valence-electron chi connectivity index (χ3n) is 1.17. The maximum Gasteiger partial charge on any atom is 0.225 e. The molecule has 4 nitrogen and oxygen atoms in total. The summed E-state index contributed by atoms with van der Waals surface area (Å²) in [4.78, 5) is 12.6. The molecule has 1 saturated carbocycles. The summed E-state index contributed by atoms with van der Waals surface area (Å²) >= 11 is 0. The van der Waals surface area contributed by atoms with Crippen LogP contribution in [0.2, 0.25) is 0 Å². The summed E-state index contributed by atoms with van der Waals surface area (Å²) in [6.07, 6.45) is -0.847. The number of carbonyl (C=O) groups is 1. The Balaban J connectivity index is 2.45. The molecule has 0 radical (unpaired) electrons. The molecule has 1 aliphatic carbocycles.